The lowest BCUT2D eigenvalue weighted by Gasteiger charge is -2.34. The Morgan fingerprint density at radius 2 is 1.72 bits per heavy atom. The number of nitrogens with two attached hydrogens (primary N) is 1. The van der Waals surface area contributed by atoms with Crippen molar-refractivity contribution in [2.75, 3.05) is 39.3 Å². The van der Waals surface area contributed by atoms with Crippen LogP contribution < -0.4 is 5.73 Å². The molecule has 1 heterocycles. The second kappa shape index (κ2) is 9.34. The van der Waals surface area contributed by atoms with Crippen LogP contribution in [0.4, 0.5) is 0 Å². The molecule has 1 fully saturated rings. The van der Waals surface area contributed by atoms with E-state index in [0.717, 1.165) is 45.6 Å². The lowest BCUT2D eigenvalue weighted by Crippen LogP contribution is -2.49. The number of piperazine rings is 1. The molecule has 0 spiro atoms. The van der Waals surface area contributed by atoms with Crippen molar-refractivity contribution in [3.63, 3.8) is 0 Å². The standard InChI is InChI=1S/C14H29N3O/c1-2-3-4-5-6-7-14(18)17-12-10-16(9-8-15)11-13-17/h2-13,15H2,1H3. The smallest absolute Gasteiger partial charge is 0.222 e. The Kier molecular flexibility index (Phi) is 8.01. The summed E-state index contributed by atoms with van der Waals surface area (Å²) in [5, 5.41) is 0. The summed E-state index contributed by atoms with van der Waals surface area (Å²) in [6, 6.07) is 0. The highest BCUT2D eigenvalue weighted by atomic mass is 16.2. The first-order valence-electron chi connectivity index (χ1n) is 7.48. The number of carbonyl (C=O) groups excluding carboxylic acids is 1. The van der Waals surface area contributed by atoms with Crippen LogP contribution in [-0.4, -0.2) is 55.0 Å². The van der Waals surface area contributed by atoms with E-state index in [4.69, 9.17) is 5.73 Å². The third-order valence-corrected chi connectivity index (χ3v) is 3.66. The van der Waals surface area contributed by atoms with Crippen LogP contribution >= 0.6 is 0 Å². The molecule has 0 radical (unpaired) electrons. The highest BCUT2D eigenvalue weighted by Crippen LogP contribution is 2.09. The minimum absolute atomic E-state index is 0.346. The molecule has 18 heavy (non-hydrogen) atoms. The van der Waals surface area contributed by atoms with Gasteiger partial charge in [0, 0.05) is 45.7 Å². The Bertz CT molecular complexity index is 225. The summed E-state index contributed by atoms with van der Waals surface area (Å²) < 4.78 is 0. The first kappa shape index (κ1) is 15.4. The van der Waals surface area contributed by atoms with E-state index >= 15 is 0 Å². The van der Waals surface area contributed by atoms with Crippen LogP contribution in [0.3, 0.4) is 0 Å². The molecule has 0 saturated carbocycles. The number of carbonyl (C=O) groups is 1. The summed E-state index contributed by atoms with van der Waals surface area (Å²) in [6.07, 6.45) is 6.83. The summed E-state index contributed by atoms with van der Waals surface area (Å²) in [7, 11) is 0. The van der Waals surface area contributed by atoms with Crippen LogP contribution in [0.25, 0.3) is 0 Å². The third-order valence-electron chi connectivity index (χ3n) is 3.66. The first-order chi connectivity index (χ1) is 8.77. The van der Waals surface area contributed by atoms with Crippen molar-refractivity contribution >= 4 is 5.91 Å². The van der Waals surface area contributed by atoms with Crippen molar-refractivity contribution < 1.29 is 4.79 Å². The average Bonchev–Trinajstić information content (AvgIpc) is 2.39. The van der Waals surface area contributed by atoms with E-state index in [1.54, 1.807) is 0 Å². The maximum absolute atomic E-state index is 12.0. The molecule has 1 saturated heterocycles. The minimum Gasteiger partial charge on any atom is -0.340 e. The Balaban J connectivity index is 2.08. The third kappa shape index (κ3) is 5.83. The highest BCUT2D eigenvalue weighted by molar-refractivity contribution is 5.76. The SMILES string of the molecule is CCCCCCCC(=O)N1CCN(CCN)CC1. The van der Waals surface area contributed by atoms with E-state index in [1.807, 2.05) is 4.90 Å². The van der Waals surface area contributed by atoms with E-state index in [1.165, 1.54) is 25.7 Å². The van der Waals surface area contributed by atoms with Gasteiger partial charge in [-0.25, -0.2) is 0 Å². The molecule has 0 atom stereocenters. The molecule has 4 nitrogen and oxygen atoms in total. The van der Waals surface area contributed by atoms with Gasteiger partial charge in [-0.1, -0.05) is 32.6 Å². The zero-order valence-corrected chi connectivity index (χ0v) is 11.9. The summed E-state index contributed by atoms with van der Waals surface area (Å²) in [5.41, 5.74) is 5.54. The summed E-state index contributed by atoms with van der Waals surface area (Å²) in [5.74, 6) is 0.346. The fourth-order valence-corrected chi connectivity index (χ4v) is 2.44. The van der Waals surface area contributed by atoms with Gasteiger partial charge in [-0.2, -0.15) is 0 Å². The van der Waals surface area contributed by atoms with Gasteiger partial charge in [0.2, 0.25) is 5.91 Å². The van der Waals surface area contributed by atoms with Gasteiger partial charge in [-0.05, 0) is 6.42 Å². The summed E-state index contributed by atoms with van der Waals surface area (Å²) in [4.78, 5) is 16.3. The fraction of sp³-hybridized carbons (Fsp3) is 0.929. The normalized spacial score (nSPS) is 17.1. The molecule has 0 unspecified atom stereocenters. The lowest BCUT2D eigenvalue weighted by molar-refractivity contribution is -0.133. The first-order valence-corrected chi connectivity index (χ1v) is 7.48. The van der Waals surface area contributed by atoms with E-state index < -0.39 is 0 Å². The number of amides is 1. The molecular weight excluding hydrogens is 226 g/mol. The number of unbranched alkanes of at least 4 members (excludes halogenated alkanes) is 4. The molecule has 1 aliphatic rings. The molecule has 106 valence electrons. The van der Waals surface area contributed by atoms with Gasteiger partial charge in [-0.3, -0.25) is 9.69 Å². The van der Waals surface area contributed by atoms with Gasteiger partial charge < -0.3 is 10.6 Å². The lowest BCUT2D eigenvalue weighted by atomic mass is 10.1. The molecule has 0 aromatic rings. The maximum Gasteiger partial charge on any atom is 0.222 e. The van der Waals surface area contributed by atoms with Gasteiger partial charge in [0.1, 0.15) is 0 Å². The van der Waals surface area contributed by atoms with Crippen LogP contribution in [0.5, 0.6) is 0 Å². The summed E-state index contributed by atoms with van der Waals surface area (Å²) in [6.45, 7) is 7.62. The molecule has 0 aromatic carbocycles. The van der Waals surface area contributed by atoms with Crippen molar-refractivity contribution in [2.24, 2.45) is 5.73 Å². The summed E-state index contributed by atoms with van der Waals surface area (Å²) >= 11 is 0. The number of nitrogens with zero attached hydrogens (tertiary/aromatic N) is 2. The van der Waals surface area contributed by atoms with Gasteiger partial charge >= 0.3 is 0 Å². The average molecular weight is 255 g/mol. The second-order valence-electron chi connectivity index (χ2n) is 5.18. The largest absolute Gasteiger partial charge is 0.340 e. The zero-order chi connectivity index (χ0) is 13.2. The van der Waals surface area contributed by atoms with Gasteiger partial charge in [-0.15, -0.1) is 0 Å². The minimum atomic E-state index is 0.346. The molecular formula is C14H29N3O. The van der Waals surface area contributed by atoms with E-state index in [9.17, 15) is 4.79 Å². The topological polar surface area (TPSA) is 49.6 Å². The van der Waals surface area contributed by atoms with Crippen LogP contribution in [-0.2, 0) is 4.79 Å². The Morgan fingerprint density at radius 3 is 2.33 bits per heavy atom. The van der Waals surface area contributed by atoms with Gasteiger partial charge in [0.25, 0.3) is 0 Å². The predicted octanol–water partition coefficient (Wildman–Crippen LogP) is 1.45. The van der Waals surface area contributed by atoms with Crippen molar-refractivity contribution in [1.82, 2.24) is 9.80 Å². The molecule has 0 aliphatic carbocycles. The molecule has 0 aromatic heterocycles. The maximum atomic E-state index is 12.0. The molecule has 1 aliphatic heterocycles. The van der Waals surface area contributed by atoms with E-state index in [0.29, 0.717) is 12.5 Å². The molecule has 1 amide bonds. The molecule has 2 N–H and O–H groups in total. The number of hydrogen-bond acceptors (Lipinski definition) is 3. The Labute approximate surface area is 111 Å². The zero-order valence-electron chi connectivity index (χ0n) is 11.9. The van der Waals surface area contributed by atoms with Gasteiger partial charge in [0.15, 0.2) is 0 Å². The Hall–Kier alpha value is -0.610. The van der Waals surface area contributed by atoms with Crippen LogP contribution in [0.2, 0.25) is 0 Å². The number of hydrogen-bond donors (Lipinski definition) is 1. The predicted molar refractivity (Wildman–Crippen MR) is 75.5 cm³/mol. The second-order valence-corrected chi connectivity index (χ2v) is 5.18. The Morgan fingerprint density at radius 1 is 1.06 bits per heavy atom. The van der Waals surface area contributed by atoms with Crippen molar-refractivity contribution in [1.29, 1.82) is 0 Å². The number of rotatable bonds is 8. The highest BCUT2D eigenvalue weighted by Gasteiger charge is 2.19. The van der Waals surface area contributed by atoms with E-state index in [2.05, 4.69) is 11.8 Å². The van der Waals surface area contributed by atoms with Crippen molar-refractivity contribution in [3.05, 3.63) is 0 Å². The van der Waals surface area contributed by atoms with Crippen molar-refractivity contribution in [3.8, 4) is 0 Å². The van der Waals surface area contributed by atoms with Gasteiger partial charge in [0.05, 0.1) is 0 Å². The monoisotopic (exact) mass is 255 g/mol. The van der Waals surface area contributed by atoms with E-state index in [-0.39, 0.29) is 0 Å². The van der Waals surface area contributed by atoms with Crippen LogP contribution in [0, 0.1) is 0 Å². The van der Waals surface area contributed by atoms with Crippen LogP contribution in [0.15, 0.2) is 0 Å². The molecule has 0 bridgehead atoms. The molecule has 4 heteroatoms. The van der Waals surface area contributed by atoms with Crippen molar-refractivity contribution in [2.45, 2.75) is 45.4 Å². The quantitative estimate of drug-likeness (QED) is 0.668. The van der Waals surface area contributed by atoms with Crippen LogP contribution in [0.1, 0.15) is 45.4 Å². The fourth-order valence-electron chi connectivity index (χ4n) is 2.44. The molecule has 1 rings (SSSR count).